The van der Waals surface area contributed by atoms with Crippen LogP contribution in [0.25, 0.3) is 10.1 Å². The third-order valence-corrected chi connectivity index (χ3v) is 6.40. The van der Waals surface area contributed by atoms with Crippen molar-refractivity contribution in [3.05, 3.63) is 34.2 Å². The minimum atomic E-state index is 0.804. The van der Waals surface area contributed by atoms with Gasteiger partial charge in [0.15, 0.2) is 0 Å². The van der Waals surface area contributed by atoms with Gasteiger partial charge in [-0.15, -0.1) is 11.3 Å². The van der Waals surface area contributed by atoms with Crippen LogP contribution in [0.5, 0.6) is 0 Å². The fourth-order valence-corrected chi connectivity index (χ4v) is 5.04. The number of benzene rings is 1. The third kappa shape index (κ3) is 2.69. The lowest BCUT2D eigenvalue weighted by atomic mass is 10.2. The van der Waals surface area contributed by atoms with Gasteiger partial charge in [-0.1, -0.05) is 29.8 Å². The van der Waals surface area contributed by atoms with Gasteiger partial charge in [-0.05, 0) is 24.7 Å². The number of thioether (sulfide) groups is 1. The first-order valence-corrected chi connectivity index (χ1v) is 8.57. The summed E-state index contributed by atoms with van der Waals surface area (Å²) in [7, 11) is 0. The number of hydrogen-bond donors (Lipinski definition) is 1. The lowest BCUT2D eigenvalue weighted by Crippen LogP contribution is -2.22. The van der Waals surface area contributed by atoms with Gasteiger partial charge < -0.3 is 5.32 Å². The largest absolute Gasteiger partial charge is 0.311 e. The highest BCUT2D eigenvalue weighted by Crippen LogP contribution is 2.35. The van der Waals surface area contributed by atoms with Crippen LogP contribution in [0.4, 0.5) is 0 Å². The van der Waals surface area contributed by atoms with E-state index < -0.39 is 0 Å². The second-order valence-electron chi connectivity index (χ2n) is 4.60. The molecule has 2 heterocycles. The molecule has 1 unspecified atom stereocenters. The maximum absolute atomic E-state index is 6.42. The van der Waals surface area contributed by atoms with Gasteiger partial charge in [-0.2, -0.15) is 11.8 Å². The fraction of sp³-hybridized carbons (Fsp3) is 0.429. The van der Waals surface area contributed by atoms with Crippen molar-refractivity contribution in [2.45, 2.75) is 24.6 Å². The topological polar surface area (TPSA) is 12.0 Å². The zero-order valence-corrected chi connectivity index (χ0v) is 12.5. The summed E-state index contributed by atoms with van der Waals surface area (Å²) in [6.07, 6.45) is 2.73. The van der Waals surface area contributed by atoms with Crippen LogP contribution in [0.15, 0.2) is 24.3 Å². The summed E-state index contributed by atoms with van der Waals surface area (Å²) in [5, 5.41) is 6.48. The molecule has 1 atom stereocenters. The Hall–Kier alpha value is -0.220. The second-order valence-corrected chi connectivity index (χ2v) is 7.52. The molecule has 0 spiro atoms. The molecule has 96 valence electrons. The molecule has 1 aromatic heterocycles. The molecule has 1 N–H and O–H groups in total. The van der Waals surface area contributed by atoms with Crippen LogP contribution in [-0.2, 0) is 6.54 Å². The van der Waals surface area contributed by atoms with Crippen LogP contribution >= 0.6 is 34.7 Å². The number of fused-ring (bicyclic) bond motifs is 1. The average Bonchev–Trinajstić information content (AvgIpc) is 3.00. The van der Waals surface area contributed by atoms with E-state index in [1.165, 1.54) is 33.6 Å². The summed E-state index contributed by atoms with van der Waals surface area (Å²) in [5.74, 6) is 1.33. The Labute approximate surface area is 121 Å². The zero-order valence-electron chi connectivity index (χ0n) is 10.1. The van der Waals surface area contributed by atoms with Crippen LogP contribution in [0.3, 0.4) is 0 Å². The van der Waals surface area contributed by atoms with Crippen molar-refractivity contribution in [3.8, 4) is 0 Å². The summed E-state index contributed by atoms with van der Waals surface area (Å²) in [6, 6.07) is 8.36. The number of thiophene rings is 1. The molecule has 2 aromatic rings. The molecule has 0 saturated carbocycles. The Kier molecular flexibility index (Phi) is 4.14. The van der Waals surface area contributed by atoms with Crippen molar-refractivity contribution >= 4 is 44.8 Å². The normalized spacial score (nSPS) is 19.7. The molecule has 18 heavy (non-hydrogen) atoms. The molecule has 0 bridgehead atoms. The molecule has 1 aliphatic rings. The summed E-state index contributed by atoms with van der Waals surface area (Å²) in [6.45, 7) is 2.00. The van der Waals surface area contributed by atoms with Gasteiger partial charge in [-0.3, -0.25) is 0 Å². The highest BCUT2D eigenvalue weighted by atomic mass is 35.5. The van der Waals surface area contributed by atoms with Crippen LogP contribution in [0, 0.1) is 0 Å². The molecule has 0 aliphatic carbocycles. The van der Waals surface area contributed by atoms with E-state index in [0.29, 0.717) is 0 Å². The summed E-state index contributed by atoms with van der Waals surface area (Å²) >= 11 is 10.3. The molecular formula is C14H16ClNS2. The number of hydrogen-bond acceptors (Lipinski definition) is 3. The summed E-state index contributed by atoms with van der Waals surface area (Å²) in [4.78, 5) is 1.26. The van der Waals surface area contributed by atoms with Crippen molar-refractivity contribution in [1.82, 2.24) is 5.32 Å². The van der Waals surface area contributed by atoms with E-state index in [2.05, 4.69) is 35.3 Å². The number of nitrogens with one attached hydrogen (secondary N) is 1. The van der Waals surface area contributed by atoms with E-state index in [4.69, 9.17) is 11.6 Å². The maximum Gasteiger partial charge on any atom is 0.0636 e. The Morgan fingerprint density at radius 3 is 3.00 bits per heavy atom. The van der Waals surface area contributed by atoms with E-state index >= 15 is 0 Å². The highest BCUT2D eigenvalue weighted by Gasteiger charge is 2.15. The van der Waals surface area contributed by atoms with Crippen LogP contribution in [0.1, 0.15) is 17.7 Å². The predicted molar refractivity (Wildman–Crippen MR) is 84.0 cm³/mol. The van der Waals surface area contributed by atoms with E-state index in [1.54, 1.807) is 11.3 Å². The molecule has 1 aliphatic heterocycles. The first kappa shape index (κ1) is 12.8. The van der Waals surface area contributed by atoms with Gasteiger partial charge in [0.25, 0.3) is 0 Å². The Morgan fingerprint density at radius 1 is 1.33 bits per heavy atom. The number of rotatable bonds is 4. The SMILES string of the molecule is Clc1c(CNCC2CCCS2)sc2ccccc12. The smallest absolute Gasteiger partial charge is 0.0636 e. The highest BCUT2D eigenvalue weighted by molar-refractivity contribution is 8.00. The monoisotopic (exact) mass is 297 g/mol. The molecule has 0 amide bonds. The lowest BCUT2D eigenvalue weighted by molar-refractivity contribution is 0.650. The van der Waals surface area contributed by atoms with Gasteiger partial charge in [0, 0.05) is 33.3 Å². The standard InChI is InChI=1S/C14H16ClNS2/c15-14-11-5-1-2-6-12(11)18-13(14)9-16-8-10-4-3-7-17-10/h1-2,5-6,10,16H,3-4,7-9H2. The zero-order chi connectivity index (χ0) is 12.4. The van der Waals surface area contributed by atoms with Gasteiger partial charge in [-0.25, -0.2) is 0 Å². The van der Waals surface area contributed by atoms with Crippen LogP contribution in [0.2, 0.25) is 5.02 Å². The van der Waals surface area contributed by atoms with Crippen LogP contribution in [-0.4, -0.2) is 17.5 Å². The first-order valence-electron chi connectivity index (χ1n) is 6.33. The number of halogens is 1. The summed E-state index contributed by atoms with van der Waals surface area (Å²) < 4.78 is 1.29. The Bertz CT molecular complexity index is 532. The van der Waals surface area contributed by atoms with Crippen molar-refractivity contribution in [2.24, 2.45) is 0 Å². The molecule has 1 saturated heterocycles. The molecule has 4 heteroatoms. The van der Waals surface area contributed by atoms with Crippen molar-refractivity contribution in [2.75, 3.05) is 12.3 Å². The van der Waals surface area contributed by atoms with E-state index in [-0.39, 0.29) is 0 Å². The van der Waals surface area contributed by atoms with Crippen LogP contribution < -0.4 is 5.32 Å². The minimum Gasteiger partial charge on any atom is -0.311 e. The predicted octanol–water partition coefficient (Wildman–Crippen LogP) is 4.54. The molecule has 3 rings (SSSR count). The third-order valence-electron chi connectivity index (χ3n) is 3.28. The fourth-order valence-electron chi connectivity index (χ4n) is 2.33. The molecule has 1 fully saturated rings. The Morgan fingerprint density at radius 2 is 2.22 bits per heavy atom. The Balaban J connectivity index is 1.65. The average molecular weight is 298 g/mol. The van der Waals surface area contributed by atoms with Crippen molar-refractivity contribution in [1.29, 1.82) is 0 Å². The lowest BCUT2D eigenvalue weighted by Gasteiger charge is -2.09. The van der Waals surface area contributed by atoms with E-state index in [9.17, 15) is 0 Å². The molecule has 1 aromatic carbocycles. The quantitative estimate of drug-likeness (QED) is 0.889. The van der Waals surface area contributed by atoms with E-state index in [0.717, 1.165) is 23.4 Å². The summed E-state index contributed by atoms with van der Waals surface area (Å²) in [5.41, 5.74) is 0. The molecule has 1 nitrogen and oxygen atoms in total. The molecular weight excluding hydrogens is 282 g/mol. The van der Waals surface area contributed by atoms with Gasteiger partial charge in [0.1, 0.15) is 0 Å². The maximum atomic E-state index is 6.42. The first-order chi connectivity index (χ1) is 8.84. The molecule has 0 radical (unpaired) electrons. The van der Waals surface area contributed by atoms with Gasteiger partial charge in [0.05, 0.1) is 5.02 Å². The second kappa shape index (κ2) is 5.83. The van der Waals surface area contributed by atoms with Crippen molar-refractivity contribution < 1.29 is 0 Å². The van der Waals surface area contributed by atoms with Gasteiger partial charge >= 0.3 is 0 Å². The van der Waals surface area contributed by atoms with E-state index in [1.807, 2.05) is 6.07 Å². The minimum absolute atomic E-state index is 0.804. The van der Waals surface area contributed by atoms with Crippen molar-refractivity contribution in [3.63, 3.8) is 0 Å². The van der Waals surface area contributed by atoms with Gasteiger partial charge in [0.2, 0.25) is 0 Å².